The Labute approximate surface area is 176 Å². The van der Waals surface area contributed by atoms with E-state index in [9.17, 15) is 24.5 Å². The molecule has 31 heavy (non-hydrogen) atoms. The molecule has 0 bridgehead atoms. The highest BCUT2D eigenvalue weighted by Crippen LogP contribution is 2.17. The Morgan fingerprint density at radius 1 is 1.26 bits per heavy atom. The van der Waals surface area contributed by atoms with Crippen molar-refractivity contribution in [3.8, 4) is 5.75 Å². The molecule has 11 heteroatoms. The van der Waals surface area contributed by atoms with E-state index < -0.39 is 22.3 Å². The van der Waals surface area contributed by atoms with Gasteiger partial charge in [0.25, 0.3) is 11.2 Å². The van der Waals surface area contributed by atoms with Gasteiger partial charge >= 0.3 is 0 Å². The maximum absolute atomic E-state index is 12.6. The van der Waals surface area contributed by atoms with Crippen molar-refractivity contribution < 1.29 is 19.2 Å². The van der Waals surface area contributed by atoms with Crippen LogP contribution in [0.3, 0.4) is 0 Å². The number of anilines is 1. The van der Waals surface area contributed by atoms with Gasteiger partial charge in [0, 0.05) is 30.9 Å². The third-order valence-corrected chi connectivity index (χ3v) is 4.49. The molecule has 0 saturated heterocycles. The standard InChI is InChI=1S/C20H19N5O6/c1-23(10-18(26)22-13-4-3-5-15(8-13)31-2)19(27)11-24-12-21-17-9-14(25(29)30)6-7-16(17)20(24)28/h3-9,12H,10-11H2,1-2H3,(H,22,26). The van der Waals surface area contributed by atoms with E-state index in [4.69, 9.17) is 4.74 Å². The average Bonchev–Trinajstić information content (AvgIpc) is 2.75. The summed E-state index contributed by atoms with van der Waals surface area (Å²) in [7, 11) is 2.95. The first kappa shape index (κ1) is 21.4. The number of benzene rings is 2. The molecule has 1 aromatic heterocycles. The first-order chi connectivity index (χ1) is 14.8. The fraction of sp³-hybridized carbons (Fsp3) is 0.200. The molecule has 3 aromatic rings. The molecule has 0 aliphatic carbocycles. The zero-order valence-corrected chi connectivity index (χ0v) is 16.8. The van der Waals surface area contributed by atoms with Crippen molar-refractivity contribution in [1.29, 1.82) is 0 Å². The van der Waals surface area contributed by atoms with Crippen LogP contribution < -0.4 is 15.6 Å². The number of nitrogens with zero attached hydrogens (tertiary/aromatic N) is 4. The average molecular weight is 425 g/mol. The van der Waals surface area contributed by atoms with Crippen LogP contribution in [0.2, 0.25) is 0 Å². The van der Waals surface area contributed by atoms with Crippen molar-refractivity contribution >= 4 is 34.1 Å². The molecular formula is C20H19N5O6. The molecule has 0 fully saturated rings. The molecule has 2 amide bonds. The maximum Gasteiger partial charge on any atom is 0.271 e. The molecule has 160 valence electrons. The van der Waals surface area contributed by atoms with E-state index in [1.54, 1.807) is 24.3 Å². The molecule has 0 spiro atoms. The summed E-state index contributed by atoms with van der Waals surface area (Å²) in [5.41, 5.74) is -0.0133. The normalized spacial score (nSPS) is 10.5. The SMILES string of the molecule is COc1cccc(NC(=O)CN(C)C(=O)Cn2cnc3cc([N+](=O)[O-])ccc3c2=O)c1. The van der Waals surface area contributed by atoms with Crippen molar-refractivity contribution in [3.63, 3.8) is 0 Å². The lowest BCUT2D eigenvalue weighted by atomic mass is 10.2. The number of methoxy groups -OCH3 is 1. The Morgan fingerprint density at radius 2 is 2.03 bits per heavy atom. The van der Waals surface area contributed by atoms with Gasteiger partial charge in [-0.1, -0.05) is 6.07 Å². The molecule has 3 rings (SSSR count). The second kappa shape index (κ2) is 9.03. The number of non-ortho nitro benzene ring substituents is 1. The van der Waals surface area contributed by atoms with Crippen molar-refractivity contribution in [2.75, 3.05) is 26.0 Å². The molecule has 11 nitrogen and oxygen atoms in total. The molecule has 0 atom stereocenters. The van der Waals surface area contributed by atoms with E-state index in [-0.39, 0.29) is 29.7 Å². The second-order valence-corrected chi connectivity index (χ2v) is 6.67. The second-order valence-electron chi connectivity index (χ2n) is 6.67. The van der Waals surface area contributed by atoms with Gasteiger partial charge in [-0.05, 0) is 18.2 Å². The van der Waals surface area contributed by atoms with Gasteiger partial charge in [-0.25, -0.2) is 4.98 Å². The number of rotatable bonds is 7. The van der Waals surface area contributed by atoms with Crippen molar-refractivity contribution in [2.24, 2.45) is 0 Å². The summed E-state index contributed by atoms with van der Waals surface area (Å²) in [6, 6.07) is 10.5. The molecule has 1 N–H and O–H groups in total. The Hall–Kier alpha value is -4.28. The van der Waals surface area contributed by atoms with Crippen LogP contribution >= 0.6 is 0 Å². The lowest BCUT2D eigenvalue weighted by molar-refractivity contribution is -0.384. The summed E-state index contributed by atoms with van der Waals surface area (Å²) in [6.45, 7) is -0.556. The Kier molecular flexibility index (Phi) is 6.24. The summed E-state index contributed by atoms with van der Waals surface area (Å²) in [4.78, 5) is 52.8. The molecule has 0 saturated carbocycles. The number of ether oxygens (including phenoxy) is 1. The summed E-state index contributed by atoms with van der Waals surface area (Å²) in [5.74, 6) is -0.318. The number of amides is 2. The largest absolute Gasteiger partial charge is 0.497 e. The summed E-state index contributed by atoms with van der Waals surface area (Å²) in [5, 5.41) is 13.7. The predicted molar refractivity (Wildman–Crippen MR) is 112 cm³/mol. The van der Waals surface area contributed by atoms with Crippen LogP contribution in [0.5, 0.6) is 5.75 Å². The van der Waals surface area contributed by atoms with E-state index in [0.717, 1.165) is 10.9 Å². The Balaban J connectivity index is 1.67. The summed E-state index contributed by atoms with van der Waals surface area (Å²) in [6.07, 6.45) is 1.15. The van der Waals surface area contributed by atoms with Crippen molar-refractivity contribution in [2.45, 2.75) is 6.54 Å². The molecule has 0 radical (unpaired) electrons. The fourth-order valence-electron chi connectivity index (χ4n) is 2.84. The Morgan fingerprint density at radius 3 is 2.74 bits per heavy atom. The number of aromatic nitrogens is 2. The van der Waals surface area contributed by atoms with Gasteiger partial charge in [-0.2, -0.15) is 0 Å². The predicted octanol–water partition coefficient (Wildman–Crippen LogP) is 1.41. The number of nitro benzene ring substituents is 1. The van der Waals surface area contributed by atoms with Gasteiger partial charge in [0.1, 0.15) is 12.3 Å². The number of fused-ring (bicyclic) bond motifs is 1. The highest BCUT2D eigenvalue weighted by molar-refractivity contribution is 5.94. The minimum atomic E-state index is -0.582. The molecular weight excluding hydrogens is 406 g/mol. The van der Waals surface area contributed by atoms with Crippen LogP contribution in [0.1, 0.15) is 0 Å². The summed E-state index contributed by atoms with van der Waals surface area (Å²) < 4.78 is 6.18. The Bertz CT molecular complexity index is 1220. The number of hydrogen-bond acceptors (Lipinski definition) is 7. The van der Waals surface area contributed by atoms with Gasteiger partial charge in [-0.15, -0.1) is 0 Å². The van der Waals surface area contributed by atoms with Crippen LogP contribution in [-0.2, 0) is 16.1 Å². The molecule has 0 aliphatic rings. The van der Waals surface area contributed by atoms with Gasteiger partial charge in [0.15, 0.2) is 0 Å². The number of likely N-dealkylation sites (N-methyl/N-ethyl adjacent to an activating group) is 1. The minimum absolute atomic E-state index is 0.152. The third kappa shape index (κ3) is 5.01. The van der Waals surface area contributed by atoms with E-state index in [0.29, 0.717) is 11.4 Å². The number of nitrogens with one attached hydrogen (secondary N) is 1. The van der Waals surface area contributed by atoms with Gasteiger partial charge in [0.05, 0.1) is 35.8 Å². The number of carbonyl (C=O) groups excluding carboxylic acids is 2. The van der Waals surface area contributed by atoms with Crippen molar-refractivity contribution in [1.82, 2.24) is 14.5 Å². The number of carbonyl (C=O) groups is 2. The van der Waals surface area contributed by atoms with Crippen LogP contribution in [0.15, 0.2) is 53.6 Å². The van der Waals surface area contributed by atoms with E-state index in [2.05, 4.69) is 10.3 Å². The molecule has 0 aliphatic heterocycles. The highest BCUT2D eigenvalue weighted by Gasteiger charge is 2.16. The molecule has 1 heterocycles. The van der Waals surface area contributed by atoms with Gasteiger partial charge < -0.3 is 15.0 Å². The molecule has 0 unspecified atom stereocenters. The van der Waals surface area contributed by atoms with Crippen molar-refractivity contribution in [3.05, 3.63) is 69.3 Å². The minimum Gasteiger partial charge on any atom is -0.497 e. The first-order valence-electron chi connectivity index (χ1n) is 9.10. The van der Waals surface area contributed by atoms with Gasteiger partial charge in [-0.3, -0.25) is 29.1 Å². The lowest BCUT2D eigenvalue weighted by Gasteiger charge is -2.17. The van der Waals surface area contributed by atoms with Gasteiger partial charge in [0.2, 0.25) is 11.8 Å². The maximum atomic E-state index is 12.6. The lowest BCUT2D eigenvalue weighted by Crippen LogP contribution is -2.38. The van der Waals surface area contributed by atoms with Crippen LogP contribution in [0.4, 0.5) is 11.4 Å². The number of nitro groups is 1. The monoisotopic (exact) mass is 425 g/mol. The molecule has 2 aromatic carbocycles. The zero-order chi connectivity index (χ0) is 22.5. The summed E-state index contributed by atoms with van der Waals surface area (Å²) >= 11 is 0. The zero-order valence-electron chi connectivity index (χ0n) is 16.8. The fourth-order valence-corrected chi connectivity index (χ4v) is 2.84. The van der Waals surface area contributed by atoms with E-state index in [1.165, 1.54) is 37.3 Å². The number of hydrogen-bond donors (Lipinski definition) is 1. The van der Waals surface area contributed by atoms with E-state index >= 15 is 0 Å². The van der Waals surface area contributed by atoms with Crippen LogP contribution in [-0.4, -0.2) is 51.9 Å². The third-order valence-electron chi connectivity index (χ3n) is 4.49. The quantitative estimate of drug-likeness (QED) is 0.446. The highest BCUT2D eigenvalue weighted by atomic mass is 16.6. The van der Waals surface area contributed by atoms with Crippen LogP contribution in [0.25, 0.3) is 10.9 Å². The first-order valence-corrected chi connectivity index (χ1v) is 9.10. The van der Waals surface area contributed by atoms with Crippen LogP contribution in [0, 0.1) is 10.1 Å². The smallest absolute Gasteiger partial charge is 0.271 e. The van der Waals surface area contributed by atoms with E-state index in [1.807, 2.05) is 0 Å². The topological polar surface area (TPSA) is 137 Å².